The van der Waals surface area contributed by atoms with Gasteiger partial charge in [-0.15, -0.1) is 0 Å². The largest absolute Gasteiger partial charge is 0.329 e. The molecule has 0 amide bonds. The Morgan fingerprint density at radius 2 is 2.17 bits per heavy atom. The normalized spacial score (nSPS) is 13.0. The van der Waals surface area contributed by atoms with Gasteiger partial charge in [-0.05, 0) is 52.8 Å². The van der Waals surface area contributed by atoms with Crippen LogP contribution in [0.4, 0.5) is 0 Å². The molecule has 4 N–H and O–H groups in total. The molecule has 0 bridgehead atoms. The van der Waals surface area contributed by atoms with E-state index < -0.39 is 0 Å². The molecule has 66 valence electrons. The van der Waals surface area contributed by atoms with Gasteiger partial charge in [0, 0.05) is 16.2 Å². The SMILES string of the molecule is Cc1cc(I)ccc1[C@@H](N)CN. The third kappa shape index (κ3) is 2.18. The summed E-state index contributed by atoms with van der Waals surface area (Å²) >= 11 is 2.29. The van der Waals surface area contributed by atoms with Crippen LogP contribution >= 0.6 is 22.6 Å². The van der Waals surface area contributed by atoms with Crippen LogP contribution in [0.5, 0.6) is 0 Å². The molecule has 0 radical (unpaired) electrons. The van der Waals surface area contributed by atoms with E-state index >= 15 is 0 Å². The van der Waals surface area contributed by atoms with Gasteiger partial charge in [-0.3, -0.25) is 0 Å². The lowest BCUT2D eigenvalue weighted by molar-refractivity contribution is 0.731. The van der Waals surface area contributed by atoms with Crippen molar-refractivity contribution in [2.75, 3.05) is 6.54 Å². The van der Waals surface area contributed by atoms with Crippen LogP contribution in [-0.4, -0.2) is 6.54 Å². The second-order valence-corrected chi connectivity index (χ2v) is 4.09. The Kier molecular flexibility index (Phi) is 3.49. The summed E-state index contributed by atoms with van der Waals surface area (Å²) in [5, 5.41) is 0. The van der Waals surface area contributed by atoms with Crippen LogP contribution in [0.2, 0.25) is 0 Å². The van der Waals surface area contributed by atoms with Crippen molar-refractivity contribution in [3.05, 3.63) is 32.9 Å². The lowest BCUT2D eigenvalue weighted by Crippen LogP contribution is -2.21. The van der Waals surface area contributed by atoms with Gasteiger partial charge in [-0.2, -0.15) is 0 Å². The van der Waals surface area contributed by atoms with Crippen molar-refractivity contribution in [3.8, 4) is 0 Å². The van der Waals surface area contributed by atoms with Gasteiger partial charge < -0.3 is 11.5 Å². The quantitative estimate of drug-likeness (QED) is 0.805. The topological polar surface area (TPSA) is 52.0 Å². The first kappa shape index (κ1) is 9.95. The van der Waals surface area contributed by atoms with E-state index in [9.17, 15) is 0 Å². The second kappa shape index (κ2) is 4.20. The number of halogens is 1. The molecule has 0 fully saturated rings. The zero-order valence-electron chi connectivity index (χ0n) is 7.05. The van der Waals surface area contributed by atoms with E-state index in [4.69, 9.17) is 11.5 Å². The smallest absolute Gasteiger partial charge is 0.0422 e. The molecule has 0 unspecified atom stereocenters. The van der Waals surface area contributed by atoms with Gasteiger partial charge in [-0.25, -0.2) is 0 Å². The van der Waals surface area contributed by atoms with Gasteiger partial charge >= 0.3 is 0 Å². The fourth-order valence-electron chi connectivity index (χ4n) is 1.18. The summed E-state index contributed by atoms with van der Waals surface area (Å²) in [6, 6.07) is 6.19. The van der Waals surface area contributed by atoms with Crippen LogP contribution < -0.4 is 11.5 Å². The van der Waals surface area contributed by atoms with Gasteiger partial charge in [0.05, 0.1) is 0 Å². The minimum absolute atomic E-state index is 0.0259. The number of hydrogen-bond donors (Lipinski definition) is 2. The Hall–Kier alpha value is -0.130. The lowest BCUT2D eigenvalue weighted by atomic mass is 10.0. The van der Waals surface area contributed by atoms with Gasteiger partial charge in [0.15, 0.2) is 0 Å². The maximum Gasteiger partial charge on any atom is 0.0422 e. The highest BCUT2D eigenvalue weighted by Gasteiger charge is 2.05. The number of rotatable bonds is 2. The van der Waals surface area contributed by atoms with Crippen LogP contribution in [0.1, 0.15) is 17.2 Å². The Morgan fingerprint density at radius 1 is 1.50 bits per heavy atom. The van der Waals surface area contributed by atoms with E-state index in [1.54, 1.807) is 0 Å². The van der Waals surface area contributed by atoms with Gasteiger partial charge in [0.25, 0.3) is 0 Å². The van der Waals surface area contributed by atoms with Crippen molar-refractivity contribution in [2.24, 2.45) is 11.5 Å². The molecule has 1 rings (SSSR count). The molecule has 0 aliphatic carbocycles. The lowest BCUT2D eigenvalue weighted by Gasteiger charge is -2.12. The van der Waals surface area contributed by atoms with E-state index in [1.807, 2.05) is 0 Å². The molecule has 0 spiro atoms. The third-order valence-electron chi connectivity index (χ3n) is 1.89. The van der Waals surface area contributed by atoms with Crippen LogP contribution in [0.3, 0.4) is 0 Å². The standard InChI is InChI=1S/C9H13IN2/c1-6-4-7(10)2-3-8(6)9(12)5-11/h2-4,9H,5,11-12H2,1H3/t9-/m0/s1. The van der Waals surface area contributed by atoms with E-state index in [2.05, 4.69) is 47.7 Å². The fraction of sp³-hybridized carbons (Fsp3) is 0.333. The van der Waals surface area contributed by atoms with Crippen molar-refractivity contribution < 1.29 is 0 Å². The van der Waals surface area contributed by atoms with Crippen molar-refractivity contribution in [3.63, 3.8) is 0 Å². The van der Waals surface area contributed by atoms with Crippen LogP contribution in [0, 0.1) is 10.5 Å². The minimum atomic E-state index is -0.0259. The Morgan fingerprint density at radius 3 is 2.67 bits per heavy atom. The van der Waals surface area contributed by atoms with Gasteiger partial charge in [0.2, 0.25) is 0 Å². The Labute approximate surface area is 86.5 Å². The first-order chi connectivity index (χ1) is 5.65. The summed E-state index contributed by atoms with van der Waals surface area (Å²) < 4.78 is 1.23. The first-order valence-corrected chi connectivity index (χ1v) is 4.94. The maximum atomic E-state index is 5.82. The zero-order valence-corrected chi connectivity index (χ0v) is 9.21. The average molecular weight is 276 g/mol. The predicted octanol–water partition coefficient (Wildman–Crippen LogP) is 1.56. The highest BCUT2D eigenvalue weighted by Crippen LogP contribution is 2.17. The van der Waals surface area contributed by atoms with Crippen molar-refractivity contribution in [1.29, 1.82) is 0 Å². The summed E-state index contributed by atoms with van der Waals surface area (Å²) in [5.41, 5.74) is 13.7. The molecule has 0 saturated heterocycles. The molecule has 0 aromatic heterocycles. The summed E-state index contributed by atoms with van der Waals surface area (Å²) in [6.07, 6.45) is 0. The molecular weight excluding hydrogens is 263 g/mol. The molecule has 0 heterocycles. The fourth-order valence-corrected chi connectivity index (χ4v) is 1.83. The average Bonchev–Trinajstić information content (AvgIpc) is 2.03. The van der Waals surface area contributed by atoms with Crippen molar-refractivity contribution >= 4 is 22.6 Å². The van der Waals surface area contributed by atoms with Crippen LogP contribution in [-0.2, 0) is 0 Å². The second-order valence-electron chi connectivity index (χ2n) is 2.84. The molecule has 1 aromatic rings. The van der Waals surface area contributed by atoms with Gasteiger partial charge in [-0.1, -0.05) is 6.07 Å². The Balaban J connectivity index is 3.01. The van der Waals surface area contributed by atoms with E-state index in [-0.39, 0.29) is 6.04 Å². The highest BCUT2D eigenvalue weighted by molar-refractivity contribution is 14.1. The number of aryl methyl sites for hydroxylation is 1. The minimum Gasteiger partial charge on any atom is -0.329 e. The molecule has 0 aliphatic heterocycles. The summed E-state index contributed by atoms with van der Waals surface area (Å²) in [7, 11) is 0. The molecule has 3 heteroatoms. The molecule has 1 aromatic carbocycles. The molecule has 0 aliphatic rings. The first-order valence-electron chi connectivity index (χ1n) is 3.87. The summed E-state index contributed by atoms with van der Waals surface area (Å²) in [6.45, 7) is 2.56. The van der Waals surface area contributed by atoms with Crippen molar-refractivity contribution in [1.82, 2.24) is 0 Å². The molecule has 2 nitrogen and oxygen atoms in total. The molecule has 12 heavy (non-hydrogen) atoms. The van der Waals surface area contributed by atoms with E-state index in [0.717, 1.165) is 5.56 Å². The number of hydrogen-bond acceptors (Lipinski definition) is 2. The monoisotopic (exact) mass is 276 g/mol. The van der Waals surface area contributed by atoms with Gasteiger partial charge in [0.1, 0.15) is 0 Å². The van der Waals surface area contributed by atoms with Crippen LogP contribution in [0.25, 0.3) is 0 Å². The maximum absolute atomic E-state index is 5.82. The number of nitrogens with two attached hydrogens (primary N) is 2. The number of benzene rings is 1. The summed E-state index contributed by atoms with van der Waals surface area (Å²) in [5.74, 6) is 0. The van der Waals surface area contributed by atoms with Crippen LogP contribution in [0.15, 0.2) is 18.2 Å². The van der Waals surface area contributed by atoms with E-state index in [1.165, 1.54) is 9.13 Å². The predicted molar refractivity (Wildman–Crippen MR) is 59.9 cm³/mol. The zero-order chi connectivity index (χ0) is 9.14. The van der Waals surface area contributed by atoms with E-state index in [0.29, 0.717) is 6.54 Å². The summed E-state index contributed by atoms with van der Waals surface area (Å²) in [4.78, 5) is 0. The molecular formula is C9H13IN2. The Bertz CT molecular complexity index is 273. The van der Waals surface area contributed by atoms with Crippen molar-refractivity contribution in [2.45, 2.75) is 13.0 Å². The molecule has 0 saturated carbocycles. The molecule has 1 atom stereocenters. The third-order valence-corrected chi connectivity index (χ3v) is 2.56. The highest BCUT2D eigenvalue weighted by atomic mass is 127.